The van der Waals surface area contributed by atoms with Crippen molar-refractivity contribution in [3.63, 3.8) is 0 Å². The summed E-state index contributed by atoms with van der Waals surface area (Å²) in [6.45, 7) is 4.38. The van der Waals surface area contributed by atoms with E-state index in [0.29, 0.717) is 5.75 Å². The van der Waals surface area contributed by atoms with Gasteiger partial charge in [-0.2, -0.15) is 0 Å². The lowest BCUT2D eigenvalue weighted by Gasteiger charge is -2.04. The van der Waals surface area contributed by atoms with Gasteiger partial charge >= 0.3 is 5.97 Å². The van der Waals surface area contributed by atoms with Crippen molar-refractivity contribution in [2.45, 2.75) is 52.4 Å². The Morgan fingerprint density at radius 2 is 1.36 bits per heavy atom. The van der Waals surface area contributed by atoms with Gasteiger partial charge in [0, 0.05) is 6.08 Å². The Morgan fingerprint density at radius 3 is 1.88 bits per heavy atom. The lowest BCUT2D eigenvalue weighted by Crippen LogP contribution is -2.03. The average Bonchev–Trinajstić information content (AvgIpc) is 2.65. The summed E-state index contributed by atoms with van der Waals surface area (Å²) in [5.41, 5.74) is 3.62. The van der Waals surface area contributed by atoms with E-state index in [1.165, 1.54) is 42.9 Å². The molecule has 0 aliphatic rings. The van der Waals surface area contributed by atoms with Crippen LogP contribution in [0, 0.1) is 0 Å². The van der Waals surface area contributed by atoms with Crippen LogP contribution in [-0.4, -0.2) is 5.97 Å². The molecular weight excluding hydrogens is 308 g/mol. The highest BCUT2D eigenvalue weighted by Gasteiger charge is 2.01. The fraction of sp³-hybridized carbons (Fsp3) is 0.348. The number of benzene rings is 2. The first-order valence-electron chi connectivity index (χ1n) is 9.29. The minimum absolute atomic E-state index is 0.351. The maximum Gasteiger partial charge on any atom is 0.336 e. The molecule has 0 aliphatic carbocycles. The Labute approximate surface area is 151 Å². The monoisotopic (exact) mass is 336 g/mol. The number of aryl methyl sites for hydroxylation is 2. The fourth-order valence-corrected chi connectivity index (χ4v) is 2.60. The largest absolute Gasteiger partial charge is 0.423 e. The van der Waals surface area contributed by atoms with Gasteiger partial charge in [-0.05, 0) is 60.6 Å². The molecule has 2 heteroatoms. The zero-order valence-electron chi connectivity index (χ0n) is 15.3. The molecule has 132 valence electrons. The van der Waals surface area contributed by atoms with Crippen molar-refractivity contribution in [3.8, 4) is 5.75 Å². The highest BCUT2D eigenvalue weighted by molar-refractivity contribution is 5.88. The minimum atomic E-state index is -0.351. The fourth-order valence-electron chi connectivity index (χ4n) is 2.60. The van der Waals surface area contributed by atoms with Crippen molar-refractivity contribution in [3.05, 3.63) is 71.3 Å². The molecule has 2 aromatic carbocycles. The molecule has 0 saturated carbocycles. The summed E-state index contributed by atoms with van der Waals surface area (Å²) in [5.74, 6) is 0.237. The van der Waals surface area contributed by atoms with E-state index in [2.05, 4.69) is 26.0 Å². The SMILES string of the molecule is CCCCc1ccc(/C=C/C(=O)Oc2ccc(CCCC)cc2)cc1. The molecule has 0 bridgehead atoms. The minimum Gasteiger partial charge on any atom is -0.423 e. The average molecular weight is 336 g/mol. The van der Waals surface area contributed by atoms with Crippen molar-refractivity contribution in [2.75, 3.05) is 0 Å². The maximum atomic E-state index is 11.9. The zero-order chi connectivity index (χ0) is 17.9. The first kappa shape index (κ1) is 19.0. The highest BCUT2D eigenvalue weighted by atomic mass is 16.5. The van der Waals surface area contributed by atoms with E-state index in [4.69, 9.17) is 4.74 Å². The third-order valence-electron chi connectivity index (χ3n) is 4.17. The van der Waals surface area contributed by atoms with Gasteiger partial charge in [0.1, 0.15) is 5.75 Å². The molecule has 0 spiro atoms. The van der Waals surface area contributed by atoms with Crippen LogP contribution in [0.2, 0.25) is 0 Å². The highest BCUT2D eigenvalue weighted by Crippen LogP contribution is 2.15. The van der Waals surface area contributed by atoms with E-state index >= 15 is 0 Å². The number of hydrogen-bond donors (Lipinski definition) is 0. The summed E-state index contributed by atoms with van der Waals surface area (Å²) in [6, 6.07) is 16.1. The van der Waals surface area contributed by atoms with Gasteiger partial charge in [-0.3, -0.25) is 0 Å². The van der Waals surface area contributed by atoms with Crippen molar-refractivity contribution in [1.82, 2.24) is 0 Å². The predicted octanol–water partition coefficient (Wildman–Crippen LogP) is 5.99. The van der Waals surface area contributed by atoms with E-state index in [0.717, 1.165) is 18.4 Å². The van der Waals surface area contributed by atoms with Crippen LogP contribution in [-0.2, 0) is 17.6 Å². The lowest BCUT2D eigenvalue weighted by atomic mass is 10.1. The Balaban J connectivity index is 1.85. The van der Waals surface area contributed by atoms with Gasteiger partial charge in [0.15, 0.2) is 0 Å². The van der Waals surface area contributed by atoms with Gasteiger partial charge in [0.2, 0.25) is 0 Å². The van der Waals surface area contributed by atoms with Crippen molar-refractivity contribution in [2.24, 2.45) is 0 Å². The number of rotatable bonds is 9. The summed E-state index contributed by atoms with van der Waals surface area (Å²) in [7, 11) is 0. The Kier molecular flexibility index (Phi) is 7.97. The summed E-state index contributed by atoms with van der Waals surface area (Å²) in [4.78, 5) is 11.9. The van der Waals surface area contributed by atoms with Gasteiger partial charge in [0.25, 0.3) is 0 Å². The van der Waals surface area contributed by atoms with E-state index < -0.39 is 0 Å². The summed E-state index contributed by atoms with van der Waals surface area (Å²) < 4.78 is 5.35. The van der Waals surface area contributed by atoms with Crippen LogP contribution in [0.5, 0.6) is 5.75 Å². The van der Waals surface area contributed by atoms with Gasteiger partial charge < -0.3 is 4.74 Å². The third kappa shape index (κ3) is 6.96. The third-order valence-corrected chi connectivity index (χ3v) is 4.17. The molecule has 25 heavy (non-hydrogen) atoms. The second kappa shape index (κ2) is 10.5. The number of carbonyl (C=O) groups is 1. The second-order valence-corrected chi connectivity index (χ2v) is 6.35. The second-order valence-electron chi connectivity index (χ2n) is 6.35. The smallest absolute Gasteiger partial charge is 0.336 e. The van der Waals surface area contributed by atoms with Crippen molar-refractivity contribution in [1.29, 1.82) is 0 Å². The number of esters is 1. The molecule has 0 aromatic heterocycles. The van der Waals surface area contributed by atoms with E-state index in [1.54, 1.807) is 6.08 Å². The van der Waals surface area contributed by atoms with Crippen LogP contribution in [0.1, 0.15) is 56.2 Å². The van der Waals surface area contributed by atoms with Crippen LogP contribution >= 0.6 is 0 Å². The molecule has 0 radical (unpaired) electrons. The van der Waals surface area contributed by atoms with Crippen molar-refractivity contribution >= 4 is 12.0 Å². The molecule has 2 aromatic rings. The molecule has 0 heterocycles. The maximum absolute atomic E-state index is 11.9. The summed E-state index contributed by atoms with van der Waals surface area (Å²) in [6.07, 6.45) is 10.2. The number of carbonyl (C=O) groups excluding carboxylic acids is 1. The molecule has 0 N–H and O–H groups in total. The Bertz CT molecular complexity index is 666. The predicted molar refractivity (Wildman–Crippen MR) is 105 cm³/mol. The molecule has 0 aliphatic heterocycles. The number of hydrogen-bond acceptors (Lipinski definition) is 2. The van der Waals surface area contributed by atoms with Gasteiger partial charge in [-0.15, -0.1) is 0 Å². The van der Waals surface area contributed by atoms with Crippen LogP contribution in [0.25, 0.3) is 6.08 Å². The molecular formula is C23H28O2. The standard InChI is InChI=1S/C23H28O2/c1-3-5-7-19-9-11-21(12-10-19)15-18-23(24)25-22-16-13-20(14-17-22)8-6-4-2/h9-18H,3-8H2,1-2H3/b18-15+. The van der Waals surface area contributed by atoms with E-state index in [1.807, 2.05) is 36.4 Å². The molecule has 2 rings (SSSR count). The molecule has 0 amide bonds. The molecule has 0 atom stereocenters. The van der Waals surface area contributed by atoms with Crippen LogP contribution < -0.4 is 4.74 Å². The number of unbranched alkanes of at least 4 members (excludes halogenated alkanes) is 2. The van der Waals surface area contributed by atoms with Gasteiger partial charge in [-0.1, -0.05) is 63.1 Å². The molecule has 0 fully saturated rings. The van der Waals surface area contributed by atoms with Crippen LogP contribution in [0.3, 0.4) is 0 Å². The molecule has 0 saturated heterocycles. The lowest BCUT2D eigenvalue weighted by molar-refractivity contribution is -0.128. The first-order valence-corrected chi connectivity index (χ1v) is 9.29. The van der Waals surface area contributed by atoms with E-state index in [-0.39, 0.29) is 5.97 Å². The summed E-state index contributed by atoms with van der Waals surface area (Å²) >= 11 is 0. The van der Waals surface area contributed by atoms with Crippen molar-refractivity contribution < 1.29 is 9.53 Å². The van der Waals surface area contributed by atoms with Gasteiger partial charge in [0.05, 0.1) is 0 Å². The normalized spacial score (nSPS) is 11.0. The Hall–Kier alpha value is -2.35. The van der Waals surface area contributed by atoms with E-state index in [9.17, 15) is 4.79 Å². The summed E-state index contributed by atoms with van der Waals surface area (Å²) in [5, 5.41) is 0. The zero-order valence-corrected chi connectivity index (χ0v) is 15.3. The Morgan fingerprint density at radius 1 is 0.840 bits per heavy atom. The molecule has 2 nitrogen and oxygen atoms in total. The van der Waals surface area contributed by atoms with Crippen LogP contribution in [0.4, 0.5) is 0 Å². The topological polar surface area (TPSA) is 26.3 Å². The molecule has 0 unspecified atom stereocenters. The quantitative estimate of drug-likeness (QED) is 0.319. The van der Waals surface area contributed by atoms with Gasteiger partial charge in [-0.25, -0.2) is 4.79 Å². The number of ether oxygens (including phenoxy) is 1. The van der Waals surface area contributed by atoms with Crippen LogP contribution in [0.15, 0.2) is 54.6 Å². The first-order chi connectivity index (χ1) is 12.2.